The van der Waals surface area contributed by atoms with Gasteiger partial charge in [0.25, 0.3) is 5.91 Å². The number of amides is 2. The van der Waals surface area contributed by atoms with Gasteiger partial charge in [0, 0.05) is 0 Å². The second-order valence-corrected chi connectivity index (χ2v) is 2.68. The predicted molar refractivity (Wildman–Crippen MR) is 42.3 cm³/mol. The molecule has 2 N–H and O–H groups in total. The summed E-state index contributed by atoms with van der Waals surface area (Å²) in [7, 11) is 0. The molecule has 0 bridgehead atoms. The lowest BCUT2D eigenvalue weighted by molar-refractivity contribution is -0.120. The third-order valence-corrected chi connectivity index (χ3v) is 1.07. The monoisotopic (exact) mass is 173 g/mol. The lowest BCUT2D eigenvalue weighted by Crippen LogP contribution is -2.40. The molecular formula is C7H13N2O3. The average molecular weight is 173 g/mol. The third kappa shape index (κ3) is 4.54. The van der Waals surface area contributed by atoms with Crippen LogP contribution < -0.4 is 11.1 Å². The van der Waals surface area contributed by atoms with Gasteiger partial charge in [0.15, 0.2) is 0 Å². The van der Waals surface area contributed by atoms with Gasteiger partial charge in [-0.2, -0.15) is 0 Å². The molecule has 0 fully saturated rings. The first-order chi connectivity index (χ1) is 5.43. The van der Waals surface area contributed by atoms with Gasteiger partial charge < -0.3 is 10.1 Å². The van der Waals surface area contributed by atoms with Crippen molar-refractivity contribution in [3.8, 4) is 0 Å². The number of rotatable bonds is 3. The summed E-state index contributed by atoms with van der Waals surface area (Å²) in [5.74, 6) is -0.837. The van der Waals surface area contributed by atoms with Gasteiger partial charge >= 0.3 is 6.09 Å². The molecule has 12 heavy (non-hydrogen) atoms. The largest absolute Gasteiger partial charge is 0.447 e. The number of alkyl carbamates (subject to hydrolysis) is 1. The normalized spacial score (nSPS) is 12.3. The van der Waals surface area contributed by atoms with E-state index in [1.54, 1.807) is 13.8 Å². The first-order valence-corrected chi connectivity index (χ1v) is 3.66. The van der Waals surface area contributed by atoms with Crippen LogP contribution in [-0.4, -0.2) is 24.1 Å². The zero-order valence-corrected chi connectivity index (χ0v) is 7.38. The van der Waals surface area contributed by atoms with Crippen molar-refractivity contribution in [2.45, 2.75) is 32.9 Å². The summed E-state index contributed by atoms with van der Waals surface area (Å²) in [4.78, 5) is 21.2. The van der Waals surface area contributed by atoms with Crippen molar-refractivity contribution < 1.29 is 14.3 Å². The molecule has 0 saturated carbocycles. The molecule has 0 aliphatic heterocycles. The van der Waals surface area contributed by atoms with Crippen molar-refractivity contribution in [3.05, 3.63) is 0 Å². The Morgan fingerprint density at radius 1 is 1.33 bits per heavy atom. The van der Waals surface area contributed by atoms with Crippen LogP contribution in [0.15, 0.2) is 0 Å². The molecule has 5 nitrogen and oxygen atoms in total. The van der Waals surface area contributed by atoms with E-state index in [1.165, 1.54) is 6.92 Å². The minimum absolute atomic E-state index is 0.224. The number of nitrogens with one attached hydrogen (secondary N) is 2. The van der Waals surface area contributed by atoms with E-state index in [1.807, 2.05) is 0 Å². The minimum atomic E-state index is -0.837. The number of hydrogen-bond acceptors (Lipinski definition) is 3. The zero-order valence-electron chi connectivity index (χ0n) is 7.38. The fourth-order valence-electron chi connectivity index (χ4n) is 0.490. The van der Waals surface area contributed by atoms with E-state index in [4.69, 9.17) is 5.73 Å². The Morgan fingerprint density at radius 3 is 2.17 bits per heavy atom. The fourth-order valence-corrected chi connectivity index (χ4v) is 0.490. The van der Waals surface area contributed by atoms with Gasteiger partial charge in [-0.05, 0) is 20.8 Å². The Bertz CT molecular complexity index is 179. The molecule has 0 aromatic carbocycles. The van der Waals surface area contributed by atoms with Gasteiger partial charge in [-0.15, -0.1) is 0 Å². The van der Waals surface area contributed by atoms with Crippen LogP contribution in [0.25, 0.3) is 0 Å². The Labute approximate surface area is 71.3 Å². The van der Waals surface area contributed by atoms with Crippen LogP contribution in [0.1, 0.15) is 20.8 Å². The molecule has 1 radical (unpaired) electrons. The van der Waals surface area contributed by atoms with Gasteiger partial charge in [-0.3, -0.25) is 10.5 Å². The first-order valence-electron chi connectivity index (χ1n) is 3.66. The van der Waals surface area contributed by atoms with Crippen molar-refractivity contribution in [1.82, 2.24) is 11.1 Å². The molecule has 0 aromatic heterocycles. The van der Waals surface area contributed by atoms with E-state index in [0.29, 0.717) is 0 Å². The Kier molecular flexibility index (Phi) is 4.10. The van der Waals surface area contributed by atoms with Crippen molar-refractivity contribution in [2.24, 2.45) is 0 Å². The summed E-state index contributed by atoms with van der Waals surface area (Å²) in [6.07, 6.45) is -0.892. The molecule has 0 aliphatic rings. The van der Waals surface area contributed by atoms with Crippen LogP contribution in [0.5, 0.6) is 0 Å². The van der Waals surface area contributed by atoms with E-state index in [2.05, 4.69) is 10.1 Å². The van der Waals surface area contributed by atoms with E-state index < -0.39 is 18.0 Å². The lowest BCUT2D eigenvalue weighted by atomic mass is 10.3. The standard InChI is InChI=1S/C7H13N2O3/c1-4(2)12-7(11)9-5(3)6(8)10/h4-5,8H,1-3H3,(H,9,11). The zero-order chi connectivity index (χ0) is 9.72. The smallest absolute Gasteiger partial charge is 0.408 e. The predicted octanol–water partition coefficient (Wildman–Crippen LogP) is 0.319. The highest BCUT2D eigenvalue weighted by molar-refractivity contribution is 5.83. The quantitative estimate of drug-likeness (QED) is 0.667. The topological polar surface area (TPSA) is 79.2 Å². The van der Waals surface area contributed by atoms with Crippen molar-refractivity contribution in [1.29, 1.82) is 0 Å². The second-order valence-electron chi connectivity index (χ2n) is 2.68. The van der Waals surface area contributed by atoms with Crippen molar-refractivity contribution in [2.75, 3.05) is 0 Å². The molecule has 2 amide bonds. The minimum Gasteiger partial charge on any atom is -0.447 e. The van der Waals surface area contributed by atoms with E-state index in [9.17, 15) is 9.59 Å². The molecule has 69 valence electrons. The third-order valence-electron chi connectivity index (χ3n) is 1.07. The number of carbonyl (C=O) groups excluding carboxylic acids is 2. The fraction of sp³-hybridized carbons (Fsp3) is 0.714. The van der Waals surface area contributed by atoms with E-state index >= 15 is 0 Å². The highest BCUT2D eigenvalue weighted by atomic mass is 16.6. The molecule has 0 rings (SSSR count). The maximum Gasteiger partial charge on any atom is 0.408 e. The molecule has 0 spiro atoms. The Hall–Kier alpha value is -1.26. The number of ether oxygens (including phenoxy) is 1. The molecule has 5 heteroatoms. The highest BCUT2D eigenvalue weighted by Gasteiger charge is 2.13. The summed E-state index contributed by atoms with van der Waals surface area (Å²) >= 11 is 0. The first kappa shape index (κ1) is 10.7. The van der Waals surface area contributed by atoms with Gasteiger partial charge in [0.05, 0.1) is 6.10 Å². The van der Waals surface area contributed by atoms with Crippen molar-refractivity contribution in [3.63, 3.8) is 0 Å². The Morgan fingerprint density at radius 2 is 1.83 bits per heavy atom. The summed E-state index contributed by atoms with van der Waals surface area (Å²) in [6.45, 7) is 4.83. The summed E-state index contributed by atoms with van der Waals surface area (Å²) in [5.41, 5.74) is 6.65. The molecule has 1 atom stereocenters. The maximum atomic E-state index is 10.8. The summed E-state index contributed by atoms with van der Waals surface area (Å²) < 4.78 is 4.69. The highest BCUT2D eigenvalue weighted by Crippen LogP contribution is 1.90. The van der Waals surface area contributed by atoms with E-state index in [-0.39, 0.29) is 6.10 Å². The molecule has 0 aromatic rings. The summed E-state index contributed by atoms with van der Waals surface area (Å²) in [6, 6.07) is -0.809. The van der Waals surface area contributed by atoms with Crippen LogP contribution in [0.4, 0.5) is 4.79 Å². The van der Waals surface area contributed by atoms with Crippen LogP contribution >= 0.6 is 0 Å². The molecule has 1 unspecified atom stereocenters. The van der Waals surface area contributed by atoms with Gasteiger partial charge in [0.2, 0.25) is 0 Å². The SMILES string of the molecule is CC(C)OC(=O)NC(C)C([NH])=O. The molecular weight excluding hydrogens is 160 g/mol. The Balaban J connectivity index is 3.77. The summed E-state index contributed by atoms with van der Waals surface area (Å²) in [5, 5.41) is 2.21. The average Bonchev–Trinajstić information content (AvgIpc) is 1.84. The molecule has 0 heterocycles. The number of carbonyl (C=O) groups is 2. The molecule has 0 saturated heterocycles. The second kappa shape index (κ2) is 4.58. The van der Waals surface area contributed by atoms with Gasteiger partial charge in [0.1, 0.15) is 6.04 Å². The van der Waals surface area contributed by atoms with Gasteiger partial charge in [-0.25, -0.2) is 4.79 Å². The van der Waals surface area contributed by atoms with Crippen molar-refractivity contribution >= 4 is 12.0 Å². The van der Waals surface area contributed by atoms with Crippen LogP contribution in [0.2, 0.25) is 0 Å². The van der Waals surface area contributed by atoms with E-state index in [0.717, 1.165) is 0 Å². The van der Waals surface area contributed by atoms with Crippen LogP contribution in [0, 0.1) is 0 Å². The lowest BCUT2D eigenvalue weighted by Gasteiger charge is -2.11. The number of hydrogen-bond donors (Lipinski definition) is 1. The van der Waals surface area contributed by atoms with Crippen LogP contribution in [-0.2, 0) is 9.53 Å². The van der Waals surface area contributed by atoms with Crippen LogP contribution in [0.3, 0.4) is 0 Å². The molecule has 0 aliphatic carbocycles. The maximum absolute atomic E-state index is 10.8. The van der Waals surface area contributed by atoms with Gasteiger partial charge in [-0.1, -0.05) is 0 Å².